The van der Waals surface area contributed by atoms with Gasteiger partial charge in [-0.05, 0) is 56.4 Å². The van der Waals surface area contributed by atoms with Crippen molar-refractivity contribution < 1.29 is 17.9 Å². The number of nitrogens with one attached hydrogen (secondary N) is 3. The van der Waals surface area contributed by atoms with E-state index in [4.69, 9.17) is 4.74 Å². The molecule has 7 nitrogen and oxygen atoms in total. The van der Waals surface area contributed by atoms with E-state index in [9.17, 15) is 13.2 Å². The first-order valence-electron chi connectivity index (χ1n) is 8.16. The van der Waals surface area contributed by atoms with Crippen LogP contribution >= 0.6 is 12.4 Å². The van der Waals surface area contributed by atoms with Crippen LogP contribution in [0.3, 0.4) is 0 Å². The van der Waals surface area contributed by atoms with E-state index in [-0.39, 0.29) is 23.2 Å². The third kappa shape index (κ3) is 6.42. The fourth-order valence-corrected chi connectivity index (χ4v) is 3.36. The fourth-order valence-electron chi connectivity index (χ4n) is 2.29. The smallest absolute Gasteiger partial charge is 0.262 e. The summed E-state index contributed by atoms with van der Waals surface area (Å²) in [6, 6.07) is 12.5. The number of amides is 1. The molecule has 0 aliphatic rings. The summed E-state index contributed by atoms with van der Waals surface area (Å²) in [5.41, 5.74) is 0.757. The van der Waals surface area contributed by atoms with Crippen molar-refractivity contribution in [3.63, 3.8) is 0 Å². The molecule has 0 saturated heterocycles. The van der Waals surface area contributed by atoms with Crippen LogP contribution in [0.15, 0.2) is 53.4 Å². The maximum Gasteiger partial charge on any atom is 0.262 e. The number of anilines is 1. The van der Waals surface area contributed by atoms with Crippen molar-refractivity contribution in [1.29, 1.82) is 0 Å². The Labute approximate surface area is 166 Å². The molecule has 0 bridgehead atoms. The SMILES string of the molecule is CNCCCNC(=O)c1ccc(S(=O)(=O)Nc2ccccc2OC)cc1.Cl. The summed E-state index contributed by atoms with van der Waals surface area (Å²) < 4.78 is 32.7. The van der Waals surface area contributed by atoms with E-state index in [1.165, 1.54) is 31.4 Å². The molecular weight excluding hydrogens is 390 g/mol. The summed E-state index contributed by atoms with van der Waals surface area (Å²) in [5, 5.41) is 5.79. The molecule has 0 radical (unpaired) electrons. The Morgan fingerprint density at radius 1 is 1.04 bits per heavy atom. The minimum Gasteiger partial charge on any atom is -0.495 e. The van der Waals surface area contributed by atoms with Gasteiger partial charge in [0.2, 0.25) is 0 Å². The van der Waals surface area contributed by atoms with Gasteiger partial charge in [-0.1, -0.05) is 12.1 Å². The predicted molar refractivity (Wildman–Crippen MR) is 108 cm³/mol. The van der Waals surface area contributed by atoms with Crippen molar-refractivity contribution in [3.8, 4) is 5.75 Å². The van der Waals surface area contributed by atoms with Crippen LogP contribution in [0.2, 0.25) is 0 Å². The minimum absolute atomic E-state index is 0. The average Bonchev–Trinajstić information content (AvgIpc) is 2.65. The molecule has 0 aliphatic carbocycles. The van der Waals surface area contributed by atoms with E-state index >= 15 is 0 Å². The average molecular weight is 414 g/mol. The summed E-state index contributed by atoms with van der Waals surface area (Å²) >= 11 is 0. The molecule has 0 unspecified atom stereocenters. The normalized spacial score (nSPS) is 10.6. The van der Waals surface area contributed by atoms with Crippen LogP contribution < -0.4 is 20.1 Å². The lowest BCUT2D eigenvalue weighted by Gasteiger charge is -2.12. The van der Waals surface area contributed by atoms with Crippen LogP contribution in [-0.2, 0) is 10.0 Å². The van der Waals surface area contributed by atoms with Gasteiger partial charge >= 0.3 is 0 Å². The van der Waals surface area contributed by atoms with Crippen LogP contribution in [0.4, 0.5) is 5.69 Å². The zero-order valence-electron chi connectivity index (χ0n) is 15.2. The third-order valence-electron chi connectivity index (χ3n) is 3.67. The Hall–Kier alpha value is -2.29. The minimum atomic E-state index is -3.78. The third-order valence-corrected chi connectivity index (χ3v) is 5.05. The zero-order valence-corrected chi connectivity index (χ0v) is 16.8. The van der Waals surface area contributed by atoms with Gasteiger partial charge in [0.15, 0.2) is 0 Å². The van der Waals surface area contributed by atoms with Gasteiger partial charge in [-0.3, -0.25) is 9.52 Å². The van der Waals surface area contributed by atoms with E-state index in [1.807, 2.05) is 7.05 Å². The molecule has 9 heteroatoms. The topological polar surface area (TPSA) is 96.5 Å². The largest absolute Gasteiger partial charge is 0.495 e. The van der Waals surface area contributed by atoms with E-state index in [2.05, 4.69) is 15.4 Å². The number of carbonyl (C=O) groups is 1. The van der Waals surface area contributed by atoms with Gasteiger partial charge in [0.05, 0.1) is 17.7 Å². The maximum atomic E-state index is 12.5. The Bertz CT molecular complexity index is 842. The number of hydrogen-bond donors (Lipinski definition) is 3. The second-order valence-electron chi connectivity index (χ2n) is 5.54. The second kappa shape index (κ2) is 10.8. The Morgan fingerprint density at radius 2 is 1.70 bits per heavy atom. The Morgan fingerprint density at radius 3 is 2.33 bits per heavy atom. The predicted octanol–water partition coefficient (Wildman–Crippen LogP) is 2.26. The first-order chi connectivity index (χ1) is 12.5. The lowest BCUT2D eigenvalue weighted by Crippen LogP contribution is -2.26. The maximum absolute atomic E-state index is 12.5. The molecule has 0 atom stereocenters. The van der Waals surface area contributed by atoms with Crippen molar-refractivity contribution in [2.75, 3.05) is 32.0 Å². The number of ether oxygens (including phenoxy) is 1. The second-order valence-corrected chi connectivity index (χ2v) is 7.23. The quantitative estimate of drug-likeness (QED) is 0.548. The molecule has 2 aromatic carbocycles. The first-order valence-corrected chi connectivity index (χ1v) is 9.65. The van der Waals surface area contributed by atoms with Crippen LogP contribution in [0, 0.1) is 0 Å². The lowest BCUT2D eigenvalue weighted by atomic mass is 10.2. The number of hydrogen-bond acceptors (Lipinski definition) is 5. The van der Waals surface area contributed by atoms with E-state index < -0.39 is 10.0 Å². The molecule has 148 valence electrons. The number of halogens is 1. The summed E-state index contributed by atoms with van der Waals surface area (Å²) in [6.45, 7) is 1.36. The van der Waals surface area contributed by atoms with E-state index in [0.29, 0.717) is 23.5 Å². The molecule has 0 heterocycles. The van der Waals surface area contributed by atoms with Crippen molar-refractivity contribution >= 4 is 34.0 Å². The number of benzene rings is 2. The van der Waals surface area contributed by atoms with E-state index in [1.54, 1.807) is 24.3 Å². The highest BCUT2D eigenvalue weighted by Crippen LogP contribution is 2.26. The molecule has 27 heavy (non-hydrogen) atoms. The number of carbonyl (C=O) groups excluding carboxylic acids is 1. The molecule has 2 rings (SSSR count). The highest BCUT2D eigenvalue weighted by atomic mass is 35.5. The van der Waals surface area contributed by atoms with Crippen LogP contribution in [0.5, 0.6) is 5.75 Å². The lowest BCUT2D eigenvalue weighted by molar-refractivity contribution is 0.0953. The van der Waals surface area contributed by atoms with Gasteiger partial charge in [0.25, 0.3) is 15.9 Å². The number of sulfonamides is 1. The summed E-state index contributed by atoms with van der Waals surface area (Å²) in [4.78, 5) is 12.1. The summed E-state index contributed by atoms with van der Waals surface area (Å²) in [5.74, 6) is 0.191. The Kier molecular flexibility index (Phi) is 9.07. The summed E-state index contributed by atoms with van der Waals surface area (Å²) in [7, 11) is -0.466. The van der Waals surface area contributed by atoms with Gasteiger partial charge in [-0.15, -0.1) is 12.4 Å². The molecular formula is C18H24ClN3O4S. The molecule has 0 fully saturated rings. The molecule has 3 N–H and O–H groups in total. The number of rotatable bonds is 9. The van der Waals surface area contributed by atoms with Gasteiger partial charge in [0.1, 0.15) is 5.75 Å². The van der Waals surface area contributed by atoms with E-state index in [0.717, 1.165) is 13.0 Å². The molecule has 0 aliphatic heterocycles. The van der Waals surface area contributed by atoms with Gasteiger partial charge in [-0.2, -0.15) is 0 Å². The van der Waals surface area contributed by atoms with Gasteiger partial charge in [0, 0.05) is 12.1 Å². The fraction of sp³-hybridized carbons (Fsp3) is 0.278. The van der Waals surface area contributed by atoms with Crippen molar-refractivity contribution in [2.24, 2.45) is 0 Å². The highest BCUT2D eigenvalue weighted by molar-refractivity contribution is 7.92. The van der Waals surface area contributed by atoms with Gasteiger partial charge in [-0.25, -0.2) is 8.42 Å². The molecule has 0 spiro atoms. The zero-order chi connectivity index (χ0) is 19.0. The van der Waals surface area contributed by atoms with Gasteiger partial charge < -0.3 is 15.4 Å². The van der Waals surface area contributed by atoms with Crippen LogP contribution in [0.1, 0.15) is 16.8 Å². The van der Waals surface area contributed by atoms with Crippen molar-refractivity contribution in [1.82, 2.24) is 10.6 Å². The molecule has 2 aromatic rings. The first kappa shape index (κ1) is 22.8. The summed E-state index contributed by atoms with van der Waals surface area (Å²) in [6.07, 6.45) is 0.817. The van der Waals surface area contributed by atoms with Crippen LogP contribution in [-0.4, -0.2) is 41.6 Å². The molecule has 0 saturated carbocycles. The van der Waals surface area contributed by atoms with Crippen molar-refractivity contribution in [2.45, 2.75) is 11.3 Å². The molecule has 1 amide bonds. The number of methoxy groups -OCH3 is 1. The van der Waals surface area contributed by atoms with Crippen molar-refractivity contribution in [3.05, 3.63) is 54.1 Å². The standard InChI is InChI=1S/C18H23N3O4S.ClH/c1-19-12-5-13-20-18(22)14-8-10-15(11-9-14)26(23,24)21-16-6-3-4-7-17(16)25-2;/h3-4,6-11,19,21H,5,12-13H2,1-2H3,(H,20,22);1H. The molecule has 0 aromatic heterocycles. The monoisotopic (exact) mass is 413 g/mol. The Balaban J connectivity index is 0.00000364. The highest BCUT2D eigenvalue weighted by Gasteiger charge is 2.17. The number of para-hydroxylation sites is 2. The van der Waals surface area contributed by atoms with Crippen LogP contribution in [0.25, 0.3) is 0 Å².